The molecule has 0 aliphatic carbocycles. The number of halogens is 1. The molecule has 2 N–H and O–H groups in total. The second kappa shape index (κ2) is 9.34. The maximum absolute atomic E-state index is 12.2. The Balaban J connectivity index is 1.96. The van der Waals surface area contributed by atoms with Gasteiger partial charge in [-0.2, -0.15) is 0 Å². The molecule has 2 rings (SSSR count). The van der Waals surface area contributed by atoms with E-state index in [1.807, 2.05) is 25.1 Å². The number of aryl methyl sites for hydroxylation is 1. The fourth-order valence-corrected chi connectivity index (χ4v) is 2.98. The molecule has 0 aromatic heterocycles. The number of ether oxygens (including phenoxy) is 1. The summed E-state index contributed by atoms with van der Waals surface area (Å²) in [5.74, 6) is 0.487. The van der Waals surface area contributed by atoms with Crippen molar-refractivity contribution in [1.29, 1.82) is 0 Å². The van der Waals surface area contributed by atoms with Crippen molar-refractivity contribution in [3.8, 4) is 5.75 Å². The van der Waals surface area contributed by atoms with E-state index >= 15 is 0 Å². The highest BCUT2D eigenvalue weighted by atomic mass is 35.5. The van der Waals surface area contributed by atoms with Gasteiger partial charge in [-0.25, -0.2) is 0 Å². The fraction of sp³-hybridized carbons (Fsp3) is 0.350. The Morgan fingerprint density at radius 2 is 1.88 bits per heavy atom. The molecule has 0 heterocycles. The lowest BCUT2D eigenvalue weighted by atomic mass is 10.1. The van der Waals surface area contributed by atoms with Gasteiger partial charge in [-0.05, 0) is 62.7 Å². The highest BCUT2D eigenvalue weighted by Gasteiger charge is 2.08. The van der Waals surface area contributed by atoms with Crippen LogP contribution in [0.3, 0.4) is 0 Å². The van der Waals surface area contributed by atoms with Crippen LogP contribution in [0, 0.1) is 6.92 Å². The van der Waals surface area contributed by atoms with Crippen molar-refractivity contribution in [3.05, 3.63) is 47.0 Å². The van der Waals surface area contributed by atoms with E-state index in [1.54, 1.807) is 19.2 Å². The van der Waals surface area contributed by atoms with Gasteiger partial charge in [-0.15, -0.1) is 0 Å². The molecule has 0 fully saturated rings. The lowest BCUT2D eigenvalue weighted by Crippen LogP contribution is -2.23. The summed E-state index contributed by atoms with van der Waals surface area (Å²) in [6.07, 6.45) is 0. The predicted molar refractivity (Wildman–Crippen MR) is 110 cm³/mol. The molecule has 0 bridgehead atoms. The quantitative estimate of drug-likeness (QED) is 0.710. The SMILES string of the molecule is CCN(CC)c1ccc(NC(=O)CNc2ccc(OC)c(Cl)c2)c(C)c1. The third kappa shape index (κ3) is 5.05. The van der Waals surface area contributed by atoms with Gasteiger partial charge in [-0.3, -0.25) is 4.79 Å². The number of nitrogens with zero attached hydrogens (tertiary/aromatic N) is 1. The summed E-state index contributed by atoms with van der Waals surface area (Å²) >= 11 is 6.09. The third-order valence-electron chi connectivity index (χ3n) is 4.22. The minimum absolute atomic E-state index is 0.115. The Kier molecular flexibility index (Phi) is 7.16. The zero-order valence-corrected chi connectivity index (χ0v) is 16.5. The van der Waals surface area contributed by atoms with Gasteiger partial charge in [0, 0.05) is 30.2 Å². The molecular formula is C20H26ClN3O2. The largest absolute Gasteiger partial charge is 0.495 e. The van der Waals surface area contributed by atoms with Crippen molar-refractivity contribution in [2.75, 3.05) is 42.3 Å². The van der Waals surface area contributed by atoms with Gasteiger partial charge < -0.3 is 20.3 Å². The Morgan fingerprint density at radius 1 is 1.15 bits per heavy atom. The summed E-state index contributed by atoms with van der Waals surface area (Å²) in [7, 11) is 1.57. The van der Waals surface area contributed by atoms with Crippen molar-refractivity contribution < 1.29 is 9.53 Å². The first-order valence-corrected chi connectivity index (χ1v) is 9.09. The molecule has 0 radical (unpaired) electrons. The van der Waals surface area contributed by atoms with Crippen LogP contribution in [0.4, 0.5) is 17.1 Å². The van der Waals surface area contributed by atoms with Crippen molar-refractivity contribution in [2.24, 2.45) is 0 Å². The first-order chi connectivity index (χ1) is 12.5. The minimum atomic E-state index is -0.115. The van der Waals surface area contributed by atoms with Crippen LogP contribution in [-0.4, -0.2) is 32.7 Å². The number of hydrogen-bond donors (Lipinski definition) is 2. The van der Waals surface area contributed by atoms with E-state index in [0.717, 1.165) is 35.7 Å². The number of carbonyl (C=O) groups excluding carboxylic acids is 1. The number of anilines is 3. The lowest BCUT2D eigenvalue weighted by molar-refractivity contribution is -0.114. The third-order valence-corrected chi connectivity index (χ3v) is 4.51. The van der Waals surface area contributed by atoms with Gasteiger partial charge in [0.1, 0.15) is 5.75 Å². The molecular weight excluding hydrogens is 350 g/mol. The number of rotatable bonds is 8. The van der Waals surface area contributed by atoms with Gasteiger partial charge in [-0.1, -0.05) is 11.6 Å². The Hall–Kier alpha value is -2.40. The van der Waals surface area contributed by atoms with Crippen molar-refractivity contribution in [2.45, 2.75) is 20.8 Å². The molecule has 0 unspecified atom stereocenters. The van der Waals surface area contributed by atoms with Gasteiger partial charge in [0.05, 0.1) is 18.7 Å². The standard InChI is InChI=1S/C20H26ClN3O2/c1-5-24(6-2)16-8-9-18(14(3)11-16)23-20(25)13-22-15-7-10-19(26-4)17(21)12-15/h7-12,22H,5-6,13H2,1-4H3,(H,23,25). The first kappa shape index (κ1) is 19.9. The summed E-state index contributed by atoms with van der Waals surface area (Å²) in [5.41, 5.74) is 3.78. The molecule has 2 aromatic rings. The highest BCUT2D eigenvalue weighted by Crippen LogP contribution is 2.27. The second-order valence-electron chi connectivity index (χ2n) is 5.92. The van der Waals surface area contributed by atoms with Crippen LogP contribution in [0.15, 0.2) is 36.4 Å². The Labute approximate surface area is 160 Å². The second-order valence-corrected chi connectivity index (χ2v) is 6.33. The average Bonchev–Trinajstić information content (AvgIpc) is 2.63. The van der Waals surface area contributed by atoms with E-state index in [-0.39, 0.29) is 12.5 Å². The van der Waals surface area contributed by atoms with Crippen molar-refractivity contribution >= 4 is 34.6 Å². The van der Waals surface area contributed by atoms with Gasteiger partial charge >= 0.3 is 0 Å². The summed E-state index contributed by atoms with van der Waals surface area (Å²) in [6, 6.07) is 11.4. The number of benzene rings is 2. The number of amides is 1. The van der Waals surface area contributed by atoms with Crippen molar-refractivity contribution in [1.82, 2.24) is 0 Å². The molecule has 26 heavy (non-hydrogen) atoms. The topological polar surface area (TPSA) is 53.6 Å². The number of methoxy groups -OCH3 is 1. The first-order valence-electron chi connectivity index (χ1n) is 8.71. The molecule has 0 aliphatic heterocycles. The summed E-state index contributed by atoms with van der Waals surface area (Å²) in [4.78, 5) is 14.5. The molecule has 0 spiro atoms. The predicted octanol–water partition coefficient (Wildman–Crippen LogP) is 4.55. The summed E-state index contributed by atoms with van der Waals surface area (Å²) in [6.45, 7) is 8.32. The van der Waals surface area contributed by atoms with E-state index in [0.29, 0.717) is 10.8 Å². The maximum Gasteiger partial charge on any atom is 0.243 e. The Morgan fingerprint density at radius 3 is 2.46 bits per heavy atom. The van der Waals surface area contributed by atoms with Crippen LogP contribution < -0.4 is 20.3 Å². The molecule has 1 amide bonds. The number of carbonyl (C=O) groups is 1. The lowest BCUT2D eigenvalue weighted by Gasteiger charge is -2.22. The van der Waals surface area contributed by atoms with Gasteiger partial charge in [0.25, 0.3) is 0 Å². The molecule has 0 saturated carbocycles. The van der Waals surface area contributed by atoms with Gasteiger partial charge in [0.15, 0.2) is 0 Å². The zero-order chi connectivity index (χ0) is 19.1. The summed E-state index contributed by atoms with van der Waals surface area (Å²) in [5, 5.41) is 6.51. The van der Waals surface area contributed by atoms with Crippen LogP contribution in [0.5, 0.6) is 5.75 Å². The average molecular weight is 376 g/mol. The molecule has 2 aromatic carbocycles. The molecule has 0 atom stereocenters. The maximum atomic E-state index is 12.2. The van der Waals surface area contributed by atoms with Crippen LogP contribution in [-0.2, 0) is 4.79 Å². The smallest absolute Gasteiger partial charge is 0.243 e. The fourth-order valence-electron chi connectivity index (χ4n) is 2.73. The molecule has 6 heteroatoms. The van der Waals surface area contributed by atoms with Crippen LogP contribution >= 0.6 is 11.6 Å². The van der Waals surface area contributed by atoms with Crippen LogP contribution in [0.2, 0.25) is 5.02 Å². The van der Waals surface area contributed by atoms with E-state index in [2.05, 4.69) is 35.4 Å². The van der Waals surface area contributed by atoms with E-state index in [4.69, 9.17) is 16.3 Å². The minimum Gasteiger partial charge on any atom is -0.495 e. The zero-order valence-electron chi connectivity index (χ0n) is 15.7. The normalized spacial score (nSPS) is 10.3. The van der Waals surface area contributed by atoms with E-state index in [1.165, 1.54) is 0 Å². The van der Waals surface area contributed by atoms with Crippen LogP contribution in [0.25, 0.3) is 0 Å². The van der Waals surface area contributed by atoms with E-state index < -0.39 is 0 Å². The van der Waals surface area contributed by atoms with Crippen LogP contribution in [0.1, 0.15) is 19.4 Å². The molecule has 0 saturated heterocycles. The molecule has 5 nitrogen and oxygen atoms in total. The summed E-state index contributed by atoms with van der Waals surface area (Å²) < 4.78 is 5.12. The number of hydrogen-bond acceptors (Lipinski definition) is 4. The Bertz CT molecular complexity index is 761. The molecule has 0 aliphatic rings. The number of nitrogens with one attached hydrogen (secondary N) is 2. The highest BCUT2D eigenvalue weighted by molar-refractivity contribution is 6.32. The molecule has 140 valence electrons. The monoisotopic (exact) mass is 375 g/mol. The van der Waals surface area contributed by atoms with E-state index in [9.17, 15) is 4.79 Å². The van der Waals surface area contributed by atoms with Crippen molar-refractivity contribution in [3.63, 3.8) is 0 Å². The van der Waals surface area contributed by atoms with Gasteiger partial charge in [0.2, 0.25) is 5.91 Å².